The van der Waals surface area contributed by atoms with Gasteiger partial charge in [0.05, 0.1) is 16.8 Å². The molecule has 1 aromatic carbocycles. The zero-order valence-electron chi connectivity index (χ0n) is 13.1. The van der Waals surface area contributed by atoms with Crippen molar-refractivity contribution in [1.82, 2.24) is 0 Å². The summed E-state index contributed by atoms with van der Waals surface area (Å²) >= 11 is 0. The smallest absolute Gasteiger partial charge is 0.545 e. The predicted octanol–water partition coefficient (Wildman–Crippen LogP) is -9.26. The summed E-state index contributed by atoms with van der Waals surface area (Å²) in [7, 11) is -4.96. The van der Waals surface area contributed by atoms with Crippen LogP contribution in [-0.4, -0.2) is 48.3 Å². The van der Waals surface area contributed by atoms with Gasteiger partial charge < -0.3 is 30.0 Å². The maximum absolute atomic E-state index is 11.3. The number of benzene rings is 1. The molecule has 0 aliphatic carbocycles. The Morgan fingerprint density at radius 3 is 1.75 bits per heavy atom. The predicted molar refractivity (Wildman–Crippen MR) is 66.5 cm³/mol. The minimum absolute atomic E-state index is 0. The third-order valence-corrected chi connectivity index (χ3v) is 3.85. The van der Waals surface area contributed by atoms with Crippen molar-refractivity contribution in [3.63, 3.8) is 0 Å². The Morgan fingerprint density at radius 1 is 0.958 bits per heavy atom. The first-order valence-corrected chi connectivity index (χ1v) is 7.39. The van der Waals surface area contributed by atoms with Crippen molar-refractivity contribution in [3.05, 3.63) is 28.3 Å². The summed E-state index contributed by atoms with van der Waals surface area (Å²) in [6, 6.07) is 0.535. The first-order valence-electron chi connectivity index (χ1n) is 5.95. The van der Waals surface area contributed by atoms with Gasteiger partial charge in [0.1, 0.15) is 0 Å². The third kappa shape index (κ3) is 6.06. The van der Waals surface area contributed by atoms with E-state index in [-0.39, 0.29) is 59.1 Å². The normalized spacial score (nSPS) is 10.5. The first kappa shape index (κ1) is 26.2. The number of aromatic carboxylic acids is 2. The van der Waals surface area contributed by atoms with E-state index in [9.17, 15) is 28.2 Å². The van der Waals surface area contributed by atoms with Crippen LogP contribution in [0.3, 0.4) is 0 Å². The van der Waals surface area contributed by atoms with Crippen LogP contribution in [0.25, 0.3) is 0 Å². The molecule has 0 atom stereocenters. The van der Waals surface area contributed by atoms with Crippen molar-refractivity contribution in [2.45, 2.75) is 17.7 Å². The third-order valence-electron chi connectivity index (χ3n) is 2.93. The SMILES string of the molecule is O=C([O-])c1cc(S(=O)(=O)O)c(CCO)c(C(=O)[O-])c1CCO.[Na+].[Na+]. The molecule has 0 bridgehead atoms. The van der Waals surface area contributed by atoms with Crippen LogP contribution in [-0.2, 0) is 23.0 Å². The Bertz CT molecular complexity index is 716. The van der Waals surface area contributed by atoms with Gasteiger partial charge in [0.2, 0.25) is 0 Å². The summed E-state index contributed by atoms with van der Waals surface area (Å²) in [5.41, 5.74) is -2.52. The number of hydrogen-bond donors (Lipinski definition) is 3. The van der Waals surface area contributed by atoms with Crippen molar-refractivity contribution in [2.75, 3.05) is 13.2 Å². The molecule has 0 saturated carbocycles. The average Bonchev–Trinajstić information content (AvgIpc) is 2.37. The molecule has 0 aliphatic rings. The van der Waals surface area contributed by atoms with E-state index >= 15 is 0 Å². The number of rotatable bonds is 7. The van der Waals surface area contributed by atoms with Gasteiger partial charge in [0.15, 0.2) is 0 Å². The van der Waals surface area contributed by atoms with Crippen molar-refractivity contribution in [2.24, 2.45) is 0 Å². The van der Waals surface area contributed by atoms with Crippen LogP contribution in [0, 0.1) is 0 Å². The monoisotopic (exact) mass is 378 g/mol. The molecule has 24 heavy (non-hydrogen) atoms. The fourth-order valence-electron chi connectivity index (χ4n) is 2.14. The Morgan fingerprint density at radius 2 is 1.42 bits per heavy atom. The second-order valence-corrected chi connectivity index (χ2v) is 5.64. The van der Waals surface area contributed by atoms with Crippen LogP contribution in [0.2, 0.25) is 0 Å². The molecule has 3 N–H and O–H groups in total. The van der Waals surface area contributed by atoms with Gasteiger partial charge in [-0.3, -0.25) is 4.55 Å². The molecule has 0 unspecified atom stereocenters. The maximum Gasteiger partial charge on any atom is 1.00 e. The molecule has 0 radical (unpaired) electrons. The molecule has 12 heteroatoms. The summed E-state index contributed by atoms with van der Waals surface area (Å²) in [6.07, 6.45) is -0.902. The number of carboxylic acid groups (broad SMARTS) is 2. The van der Waals surface area contributed by atoms with Gasteiger partial charge in [-0.15, -0.1) is 0 Å². The molecule has 0 saturated heterocycles. The molecule has 0 spiro atoms. The van der Waals surface area contributed by atoms with Crippen LogP contribution in [0.4, 0.5) is 0 Å². The number of hydrogen-bond acceptors (Lipinski definition) is 8. The maximum atomic E-state index is 11.3. The van der Waals surface area contributed by atoms with Crippen LogP contribution >= 0.6 is 0 Å². The van der Waals surface area contributed by atoms with E-state index in [1.165, 1.54) is 0 Å². The van der Waals surface area contributed by atoms with Crippen molar-refractivity contribution in [1.29, 1.82) is 0 Å². The minimum atomic E-state index is -4.96. The Hall–Kier alpha value is -0.01000. The topological polar surface area (TPSA) is 175 Å². The summed E-state index contributed by atoms with van der Waals surface area (Å²) in [5.74, 6) is -3.79. The van der Waals surface area contributed by atoms with E-state index in [0.717, 1.165) is 0 Å². The number of carboxylic acids is 2. The molecule has 1 rings (SSSR count). The number of carbonyl (C=O) groups is 2. The quantitative estimate of drug-likeness (QED) is 0.307. The average molecular weight is 378 g/mol. The number of carbonyl (C=O) groups excluding carboxylic acids is 2. The van der Waals surface area contributed by atoms with E-state index < -0.39 is 75.3 Å². The molecule has 0 aromatic heterocycles. The summed E-state index contributed by atoms with van der Waals surface area (Å²) in [6.45, 7) is -1.28. The van der Waals surface area contributed by atoms with E-state index in [2.05, 4.69) is 0 Å². The van der Waals surface area contributed by atoms with Crippen molar-refractivity contribution >= 4 is 22.1 Å². The van der Waals surface area contributed by atoms with E-state index in [4.69, 9.17) is 14.8 Å². The van der Waals surface area contributed by atoms with Gasteiger partial charge in [-0.05, 0) is 30.0 Å². The molecule has 0 fully saturated rings. The molecule has 0 aliphatic heterocycles. The summed E-state index contributed by atoms with van der Waals surface area (Å²) in [4.78, 5) is 21.4. The van der Waals surface area contributed by atoms with E-state index in [0.29, 0.717) is 6.07 Å². The second-order valence-electron chi connectivity index (χ2n) is 4.25. The standard InChI is InChI=1S/C12H14O9S.2Na/c13-3-1-6-8(11(15)16)5-9(22(19,20)21)7(2-4-14)10(6)12(17)18;;/h5,13-14H,1-4H2,(H,15,16)(H,17,18)(H,19,20,21);;/q;2*+1/p-2. The van der Waals surface area contributed by atoms with Gasteiger partial charge in [0.25, 0.3) is 10.1 Å². The molecule has 122 valence electrons. The number of aliphatic hydroxyl groups is 2. The largest absolute Gasteiger partial charge is 1.00 e. The van der Waals surface area contributed by atoms with Crippen LogP contribution in [0.15, 0.2) is 11.0 Å². The van der Waals surface area contributed by atoms with Gasteiger partial charge >= 0.3 is 59.1 Å². The second kappa shape index (κ2) is 10.9. The van der Waals surface area contributed by atoms with Crippen LogP contribution in [0.1, 0.15) is 31.8 Å². The van der Waals surface area contributed by atoms with E-state index in [1.54, 1.807) is 0 Å². The molecule has 9 nitrogen and oxygen atoms in total. The van der Waals surface area contributed by atoms with Gasteiger partial charge in [-0.2, -0.15) is 8.42 Å². The zero-order valence-corrected chi connectivity index (χ0v) is 17.9. The molecular formula is C12H12Na2O9S. The molecule has 0 amide bonds. The van der Waals surface area contributed by atoms with Gasteiger partial charge in [-0.1, -0.05) is 0 Å². The molecule has 1 aromatic rings. The zero-order chi connectivity index (χ0) is 17.1. The van der Waals surface area contributed by atoms with Gasteiger partial charge in [-0.25, -0.2) is 0 Å². The van der Waals surface area contributed by atoms with Crippen LogP contribution in [0.5, 0.6) is 0 Å². The Labute approximate surface area is 182 Å². The molecular weight excluding hydrogens is 366 g/mol. The minimum Gasteiger partial charge on any atom is -0.545 e. The molecule has 0 heterocycles. The Balaban J connectivity index is 0. The van der Waals surface area contributed by atoms with Crippen LogP contribution < -0.4 is 69.3 Å². The summed E-state index contributed by atoms with van der Waals surface area (Å²) < 4.78 is 31.8. The first-order chi connectivity index (χ1) is 10.1. The van der Waals surface area contributed by atoms with E-state index in [1.807, 2.05) is 0 Å². The van der Waals surface area contributed by atoms with Crippen molar-refractivity contribution in [3.8, 4) is 0 Å². The van der Waals surface area contributed by atoms with Crippen molar-refractivity contribution < 1.29 is 102 Å². The van der Waals surface area contributed by atoms with Gasteiger partial charge in [0, 0.05) is 24.3 Å². The summed E-state index contributed by atoms with van der Waals surface area (Å²) in [5, 5.41) is 40.3. The Kier molecular flexibility index (Phi) is 11.9. The number of aliphatic hydroxyl groups excluding tert-OH is 2. The fourth-order valence-corrected chi connectivity index (χ4v) is 2.92. The fraction of sp³-hybridized carbons (Fsp3) is 0.333.